The van der Waals surface area contributed by atoms with E-state index in [0.717, 1.165) is 64.2 Å². The fourth-order valence-electron chi connectivity index (χ4n) is 6.50. The van der Waals surface area contributed by atoms with Gasteiger partial charge in [0.05, 0.1) is 27.7 Å². The molecule has 0 fully saturated rings. The van der Waals surface area contributed by atoms with Crippen LogP contribution >= 0.6 is 7.82 Å². The second-order valence-corrected chi connectivity index (χ2v) is 17.5. The Morgan fingerprint density at radius 3 is 1.47 bits per heavy atom. The van der Waals surface area contributed by atoms with Crippen LogP contribution in [0.15, 0.2) is 109 Å². The van der Waals surface area contributed by atoms with Crippen LogP contribution in [0.2, 0.25) is 0 Å². The Balaban J connectivity index is 1.10. The smallest absolute Gasteiger partial charge is 0.306 e. The minimum Gasteiger partial charge on any atom is -0.756 e. The van der Waals surface area contributed by atoms with Crippen molar-refractivity contribution in [1.29, 1.82) is 0 Å². The first-order chi connectivity index (χ1) is 28.0. The SMILES string of the molecule is C[N+](C)(C)CCOP(=O)([O-])OC[C@@H](COC(=O)CCCCCCCc1ccc(-c2ccccc2)cc1)OC(=O)CCCCCCCc1ccc(-c2ccccc2)cc1. The lowest BCUT2D eigenvalue weighted by Crippen LogP contribution is -2.37. The monoisotopic (exact) mass is 813 g/mol. The van der Waals surface area contributed by atoms with Gasteiger partial charge in [0, 0.05) is 12.8 Å². The molecule has 0 aliphatic heterocycles. The molecule has 10 heteroatoms. The first kappa shape index (κ1) is 46.6. The first-order valence-electron chi connectivity index (χ1n) is 21.0. The predicted molar refractivity (Wildman–Crippen MR) is 230 cm³/mol. The second kappa shape index (κ2) is 25.4. The minimum atomic E-state index is -4.66. The number of ether oxygens (including phenoxy) is 2. The number of hydrogen-bond donors (Lipinski definition) is 0. The van der Waals surface area contributed by atoms with Gasteiger partial charge in [-0.2, -0.15) is 0 Å². The Kier molecular flexibility index (Phi) is 20.4. The maximum Gasteiger partial charge on any atom is 0.306 e. The van der Waals surface area contributed by atoms with E-state index in [1.807, 2.05) is 57.5 Å². The number of likely N-dealkylation sites (N-methyl/N-ethyl adjacent to an activating group) is 1. The third-order valence-electron chi connectivity index (χ3n) is 9.97. The summed E-state index contributed by atoms with van der Waals surface area (Å²) >= 11 is 0. The van der Waals surface area contributed by atoms with Crippen molar-refractivity contribution in [2.24, 2.45) is 0 Å². The highest BCUT2D eigenvalue weighted by atomic mass is 31.2. The van der Waals surface area contributed by atoms with Gasteiger partial charge in [-0.1, -0.05) is 148 Å². The van der Waals surface area contributed by atoms with E-state index in [1.54, 1.807) is 0 Å². The summed E-state index contributed by atoms with van der Waals surface area (Å²) < 4.78 is 34.0. The zero-order chi connectivity index (χ0) is 41.5. The molecule has 0 amide bonds. The van der Waals surface area contributed by atoms with E-state index in [4.69, 9.17) is 18.5 Å². The summed E-state index contributed by atoms with van der Waals surface area (Å²) in [6.07, 6.45) is 10.7. The quantitative estimate of drug-likeness (QED) is 0.0241. The zero-order valence-corrected chi connectivity index (χ0v) is 35.8. The van der Waals surface area contributed by atoms with Crippen molar-refractivity contribution < 1.29 is 42.1 Å². The van der Waals surface area contributed by atoms with E-state index in [9.17, 15) is 19.0 Å². The number of aryl methyl sites for hydroxylation is 2. The van der Waals surface area contributed by atoms with Gasteiger partial charge in [0.15, 0.2) is 6.10 Å². The summed E-state index contributed by atoms with van der Waals surface area (Å²) in [4.78, 5) is 37.8. The van der Waals surface area contributed by atoms with Crippen molar-refractivity contribution in [1.82, 2.24) is 0 Å². The number of quaternary nitrogens is 1. The van der Waals surface area contributed by atoms with Crippen molar-refractivity contribution >= 4 is 19.8 Å². The van der Waals surface area contributed by atoms with Crippen LogP contribution < -0.4 is 4.89 Å². The molecule has 4 aromatic carbocycles. The maximum absolute atomic E-state index is 12.8. The molecule has 0 saturated heterocycles. The van der Waals surface area contributed by atoms with Crippen LogP contribution in [0.25, 0.3) is 22.3 Å². The summed E-state index contributed by atoms with van der Waals surface area (Å²) in [6, 6.07) is 38.1. The molecule has 2 atom stereocenters. The topological polar surface area (TPSA) is 111 Å². The largest absolute Gasteiger partial charge is 0.756 e. The lowest BCUT2D eigenvalue weighted by molar-refractivity contribution is -0.870. The van der Waals surface area contributed by atoms with Crippen molar-refractivity contribution in [2.45, 2.75) is 96.0 Å². The highest BCUT2D eigenvalue weighted by Crippen LogP contribution is 2.38. The molecule has 314 valence electrons. The molecule has 0 radical (unpaired) electrons. The van der Waals surface area contributed by atoms with Gasteiger partial charge in [-0.3, -0.25) is 14.2 Å². The number of esters is 2. The zero-order valence-electron chi connectivity index (χ0n) is 34.9. The van der Waals surface area contributed by atoms with E-state index in [-0.39, 0.29) is 26.1 Å². The number of hydrogen-bond acceptors (Lipinski definition) is 8. The molecule has 1 unspecified atom stereocenters. The molecule has 0 saturated carbocycles. The van der Waals surface area contributed by atoms with Gasteiger partial charge in [0.1, 0.15) is 19.8 Å². The van der Waals surface area contributed by atoms with Crippen LogP contribution in [0, 0.1) is 0 Å². The van der Waals surface area contributed by atoms with E-state index in [2.05, 4.69) is 72.8 Å². The van der Waals surface area contributed by atoms with Crippen molar-refractivity contribution in [3.63, 3.8) is 0 Å². The molecular formula is C48H64NO8P. The summed E-state index contributed by atoms with van der Waals surface area (Å²) in [7, 11) is 1.10. The highest BCUT2D eigenvalue weighted by molar-refractivity contribution is 7.45. The summed E-state index contributed by atoms with van der Waals surface area (Å²) in [5, 5.41) is 0. The van der Waals surface area contributed by atoms with Crippen LogP contribution in [0.5, 0.6) is 0 Å². The number of phosphoric acid groups is 1. The molecule has 0 spiro atoms. The van der Waals surface area contributed by atoms with Gasteiger partial charge in [-0.25, -0.2) is 0 Å². The summed E-state index contributed by atoms with van der Waals surface area (Å²) in [5.41, 5.74) is 7.48. The average molecular weight is 814 g/mol. The number of carbonyl (C=O) groups is 2. The Labute approximate surface area is 346 Å². The fourth-order valence-corrected chi connectivity index (χ4v) is 7.23. The lowest BCUT2D eigenvalue weighted by Gasteiger charge is -2.28. The van der Waals surface area contributed by atoms with Gasteiger partial charge in [0.2, 0.25) is 0 Å². The molecule has 9 nitrogen and oxygen atoms in total. The second-order valence-electron chi connectivity index (χ2n) is 16.0. The maximum atomic E-state index is 12.8. The molecule has 0 bridgehead atoms. The Bertz CT molecular complexity index is 1790. The van der Waals surface area contributed by atoms with Gasteiger partial charge in [-0.05, 0) is 71.9 Å². The standard InChI is InChI=1S/C48H64NO8P/c1-49(2,3)36-37-55-58(52,53)56-39-46(57-48(51)27-19-9-5-7-13-21-41-30-34-45(35-31-41)43-24-16-11-17-25-43)38-54-47(50)26-18-8-4-6-12-20-40-28-32-44(33-29-40)42-22-14-10-15-23-42/h10-11,14-17,22-25,28-35,46H,4-9,12-13,18-21,26-27,36-39H2,1-3H3/t46-/m1/s1. The molecular weight excluding hydrogens is 750 g/mol. The minimum absolute atomic E-state index is 0.0495. The van der Waals surface area contributed by atoms with E-state index in [0.29, 0.717) is 23.9 Å². The summed E-state index contributed by atoms with van der Waals surface area (Å²) in [6.45, 7) is -0.382. The Hall–Kier alpha value is -4.11. The Morgan fingerprint density at radius 2 is 0.983 bits per heavy atom. The van der Waals surface area contributed by atoms with E-state index in [1.165, 1.54) is 33.4 Å². The fraction of sp³-hybridized carbons (Fsp3) is 0.458. The van der Waals surface area contributed by atoms with Crippen LogP contribution in [0.4, 0.5) is 0 Å². The molecule has 4 rings (SSSR count). The normalized spacial score (nSPS) is 13.1. The lowest BCUT2D eigenvalue weighted by atomic mass is 10.0. The van der Waals surface area contributed by atoms with E-state index < -0.39 is 32.5 Å². The number of benzene rings is 4. The molecule has 0 aliphatic rings. The third-order valence-corrected chi connectivity index (χ3v) is 10.9. The average Bonchev–Trinajstić information content (AvgIpc) is 3.21. The number of nitrogens with zero attached hydrogens (tertiary/aromatic N) is 1. The molecule has 0 aromatic heterocycles. The molecule has 0 N–H and O–H groups in total. The van der Waals surface area contributed by atoms with Gasteiger partial charge >= 0.3 is 11.9 Å². The number of unbranched alkanes of at least 4 members (excludes halogenated alkanes) is 8. The van der Waals surface area contributed by atoms with Crippen LogP contribution in [0.3, 0.4) is 0 Å². The van der Waals surface area contributed by atoms with Crippen LogP contribution in [-0.2, 0) is 45.5 Å². The number of phosphoric ester groups is 1. The Morgan fingerprint density at radius 1 is 0.552 bits per heavy atom. The summed E-state index contributed by atoms with van der Waals surface area (Å²) in [5.74, 6) is -0.904. The van der Waals surface area contributed by atoms with Crippen molar-refractivity contribution in [3.8, 4) is 22.3 Å². The van der Waals surface area contributed by atoms with Gasteiger partial charge in [0.25, 0.3) is 7.82 Å². The number of rotatable bonds is 28. The van der Waals surface area contributed by atoms with Crippen molar-refractivity contribution in [2.75, 3.05) is 47.5 Å². The highest BCUT2D eigenvalue weighted by Gasteiger charge is 2.21. The molecule has 0 heterocycles. The van der Waals surface area contributed by atoms with E-state index >= 15 is 0 Å². The molecule has 4 aromatic rings. The van der Waals surface area contributed by atoms with Gasteiger partial charge in [-0.15, -0.1) is 0 Å². The number of carbonyl (C=O) groups excluding carboxylic acids is 2. The molecule has 58 heavy (non-hydrogen) atoms. The van der Waals surface area contributed by atoms with Crippen molar-refractivity contribution in [3.05, 3.63) is 120 Å². The van der Waals surface area contributed by atoms with Gasteiger partial charge < -0.3 is 27.9 Å². The third kappa shape index (κ3) is 19.6. The van der Waals surface area contributed by atoms with Crippen LogP contribution in [-0.4, -0.2) is 70.0 Å². The van der Waals surface area contributed by atoms with Crippen LogP contribution in [0.1, 0.15) is 88.2 Å². The first-order valence-corrected chi connectivity index (χ1v) is 22.5. The molecule has 0 aliphatic carbocycles. The predicted octanol–water partition coefficient (Wildman–Crippen LogP) is 10.1.